The summed E-state index contributed by atoms with van der Waals surface area (Å²) in [6, 6.07) is 0. The maximum atomic E-state index is 5.99. The predicted molar refractivity (Wildman–Crippen MR) is 72.7 cm³/mol. The number of hydrogen-bond acceptors (Lipinski definition) is 5. The standard InChI is InChI=1S/C14H25N3O2/c1-3-10-15-11-12-16-13(17-19-12)14(18-4-2)8-6-5-7-9-14/h15H,3-11H2,1-2H3. The largest absolute Gasteiger partial charge is 0.367 e. The zero-order chi connectivity index (χ0) is 13.6. The molecule has 0 aromatic carbocycles. The second-order valence-corrected chi connectivity index (χ2v) is 5.18. The van der Waals surface area contributed by atoms with Crippen molar-refractivity contribution in [1.82, 2.24) is 15.5 Å². The minimum absolute atomic E-state index is 0.306. The molecule has 0 atom stereocenters. The van der Waals surface area contributed by atoms with E-state index in [0.717, 1.165) is 31.6 Å². The molecule has 19 heavy (non-hydrogen) atoms. The van der Waals surface area contributed by atoms with Crippen LogP contribution in [0.5, 0.6) is 0 Å². The Morgan fingerprint density at radius 2 is 2.05 bits per heavy atom. The van der Waals surface area contributed by atoms with Gasteiger partial charge in [-0.2, -0.15) is 4.98 Å². The van der Waals surface area contributed by atoms with Crippen molar-refractivity contribution in [3.05, 3.63) is 11.7 Å². The Hall–Kier alpha value is -0.940. The molecule has 1 saturated carbocycles. The monoisotopic (exact) mass is 267 g/mol. The lowest BCUT2D eigenvalue weighted by atomic mass is 9.84. The van der Waals surface area contributed by atoms with Gasteiger partial charge in [-0.15, -0.1) is 0 Å². The molecule has 2 rings (SSSR count). The first-order valence-electron chi connectivity index (χ1n) is 7.48. The average molecular weight is 267 g/mol. The van der Waals surface area contributed by atoms with Crippen LogP contribution in [0.15, 0.2) is 4.52 Å². The molecule has 1 aliphatic carbocycles. The molecule has 1 aromatic rings. The fourth-order valence-electron chi connectivity index (χ4n) is 2.72. The van der Waals surface area contributed by atoms with Crippen LogP contribution in [0.4, 0.5) is 0 Å². The summed E-state index contributed by atoms with van der Waals surface area (Å²) in [6.45, 7) is 6.47. The molecule has 0 spiro atoms. The summed E-state index contributed by atoms with van der Waals surface area (Å²) in [5.41, 5.74) is -0.306. The molecule has 108 valence electrons. The SMILES string of the molecule is CCCNCc1nc(C2(OCC)CCCCC2)no1. The Morgan fingerprint density at radius 3 is 2.74 bits per heavy atom. The third-order valence-electron chi connectivity index (χ3n) is 3.66. The molecular weight excluding hydrogens is 242 g/mol. The summed E-state index contributed by atoms with van der Waals surface area (Å²) in [6.07, 6.45) is 6.74. The highest BCUT2D eigenvalue weighted by Gasteiger charge is 2.39. The van der Waals surface area contributed by atoms with Crippen molar-refractivity contribution in [1.29, 1.82) is 0 Å². The predicted octanol–water partition coefficient (Wildman–Crippen LogP) is 2.77. The molecule has 0 amide bonds. The molecule has 0 bridgehead atoms. The second-order valence-electron chi connectivity index (χ2n) is 5.18. The van der Waals surface area contributed by atoms with E-state index in [1.54, 1.807) is 0 Å². The van der Waals surface area contributed by atoms with E-state index in [2.05, 4.69) is 22.4 Å². The molecule has 1 aromatic heterocycles. The van der Waals surface area contributed by atoms with Crippen molar-refractivity contribution in [2.24, 2.45) is 0 Å². The van der Waals surface area contributed by atoms with E-state index >= 15 is 0 Å². The molecule has 1 N–H and O–H groups in total. The van der Waals surface area contributed by atoms with Crippen LogP contribution in [0, 0.1) is 0 Å². The van der Waals surface area contributed by atoms with E-state index in [0.29, 0.717) is 19.0 Å². The number of aromatic nitrogens is 2. The van der Waals surface area contributed by atoms with E-state index < -0.39 is 0 Å². The highest BCUT2D eigenvalue weighted by molar-refractivity contribution is 5.03. The normalized spacial score (nSPS) is 18.6. The maximum absolute atomic E-state index is 5.99. The highest BCUT2D eigenvalue weighted by atomic mass is 16.5. The molecule has 0 saturated heterocycles. The minimum Gasteiger partial charge on any atom is -0.367 e. The Labute approximate surface area is 115 Å². The van der Waals surface area contributed by atoms with E-state index in [1.807, 2.05) is 6.92 Å². The van der Waals surface area contributed by atoms with E-state index in [-0.39, 0.29) is 5.60 Å². The molecule has 0 unspecified atom stereocenters. The van der Waals surface area contributed by atoms with Crippen molar-refractivity contribution >= 4 is 0 Å². The van der Waals surface area contributed by atoms with Gasteiger partial charge in [-0.25, -0.2) is 0 Å². The summed E-state index contributed by atoms with van der Waals surface area (Å²) < 4.78 is 11.3. The van der Waals surface area contributed by atoms with Crippen molar-refractivity contribution < 1.29 is 9.26 Å². The first-order chi connectivity index (χ1) is 9.30. The molecule has 1 aliphatic rings. The molecule has 0 aliphatic heterocycles. The van der Waals surface area contributed by atoms with Gasteiger partial charge >= 0.3 is 0 Å². The van der Waals surface area contributed by atoms with E-state index in [1.165, 1.54) is 19.3 Å². The molecule has 5 heteroatoms. The zero-order valence-corrected chi connectivity index (χ0v) is 12.1. The highest BCUT2D eigenvalue weighted by Crippen LogP contribution is 2.38. The van der Waals surface area contributed by atoms with Gasteiger partial charge in [-0.05, 0) is 32.7 Å². The first-order valence-corrected chi connectivity index (χ1v) is 7.48. The third-order valence-corrected chi connectivity index (χ3v) is 3.66. The van der Waals surface area contributed by atoms with Gasteiger partial charge in [-0.1, -0.05) is 31.3 Å². The maximum Gasteiger partial charge on any atom is 0.240 e. The molecule has 1 heterocycles. The topological polar surface area (TPSA) is 60.2 Å². The van der Waals surface area contributed by atoms with Crippen LogP contribution in [-0.2, 0) is 16.9 Å². The minimum atomic E-state index is -0.306. The van der Waals surface area contributed by atoms with Gasteiger partial charge in [0.1, 0.15) is 5.60 Å². The van der Waals surface area contributed by atoms with E-state index in [9.17, 15) is 0 Å². The van der Waals surface area contributed by atoms with Gasteiger partial charge in [0.05, 0.1) is 6.54 Å². The van der Waals surface area contributed by atoms with Gasteiger partial charge in [0.25, 0.3) is 0 Å². The Bertz CT molecular complexity index is 367. The average Bonchev–Trinajstić information content (AvgIpc) is 2.90. The lowest BCUT2D eigenvalue weighted by Crippen LogP contribution is -2.33. The van der Waals surface area contributed by atoms with Gasteiger partial charge in [0, 0.05) is 6.61 Å². The lowest BCUT2D eigenvalue weighted by molar-refractivity contribution is -0.0777. The van der Waals surface area contributed by atoms with Crippen LogP contribution in [0.1, 0.15) is 64.1 Å². The molecule has 1 fully saturated rings. The smallest absolute Gasteiger partial charge is 0.240 e. The summed E-state index contributed by atoms with van der Waals surface area (Å²) in [5, 5.41) is 7.43. The number of rotatable bonds is 7. The first kappa shape index (κ1) is 14.5. The summed E-state index contributed by atoms with van der Waals surface area (Å²) in [5.74, 6) is 1.40. The van der Waals surface area contributed by atoms with Crippen LogP contribution in [0.2, 0.25) is 0 Å². The molecule has 0 radical (unpaired) electrons. The van der Waals surface area contributed by atoms with Gasteiger partial charge < -0.3 is 14.6 Å². The summed E-state index contributed by atoms with van der Waals surface area (Å²) in [4.78, 5) is 4.53. The summed E-state index contributed by atoms with van der Waals surface area (Å²) in [7, 11) is 0. The van der Waals surface area contributed by atoms with Crippen LogP contribution in [-0.4, -0.2) is 23.3 Å². The van der Waals surface area contributed by atoms with Crippen molar-refractivity contribution in [2.45, 2.75) is 64.5 Å². The number of hydrogen-bond donors (Lipinski definition) is 1. The van der Waals surface area contributed by atoms with Crippen LogP contribution in [0.3, 0.4) is 0 Å². The number of nitrogens with zero attached hydrogens (tertiary/aromatic N) is 2. The Morgan fingerprint density at radius 1 is 1.26 bits per heavy atom. The van der Waals surface area contributed by atoms with Crippen LogP contribution >= 0.6 is 0 Å². The molecule has 5 nitrogen and oxygen atoms in total. The van der Waals surface area contributed by atoms with Crippen LogP contribution < -0.4 is 5.32 Å². The third kappa shape index (κ3) is 3.54. The quantitative estimate of drug-likeness (QED) is 0.770. The Kier molecular flexibility index (Phi) is 5.34. The van der Waals surface area contributed by atoms with Gasteiger partial charge in [0.15, 0.2) is 0 Å². The molecular formula is C14H25N3O2. The number of ether oxygens (including phenoxy) is 1. The fourth-order valence-corrected chi connectivity index (χ4v) is 2.72. The number of nitrogens with one attached hydrogen (secondary N) is 1. The van der Waals surface area contributed by atoms with Gasteiger partial charge in [0.2, 0.25) is 11.7 Å². The Balaban J connectivity index is 2.04. The van der Waals surface area contributed by atoms with Gasteiger partial charge in [-0.3, -0.25) is 0 Å². The lowest BCUT2D eigenvalue weighted by Gasteiger charge is -2.33. The van der Waals surface area contributed by atoms with Crippen molar-refractivity contribution in [2.75, 3.05) is 13.2 Å². The van der Waals surface area contributed by atoms with Crippen molar-refractivity contribution in [3.8, 4) is 0 Å². The van der Waals surface area contributed by atoms with Crippen LogP contribution in [0.25, 0.3) is 0 Å². The second kappa shape index (κ2) is 7.01. The summed E-state index contributed by atoms with van der Waals surface area (Å²) >= 11 is 0. The van der Waals surface area contributed by atoms with Crippen molar-refractivity contribution in [3.63, 3.8) is 0 Å². The van der Waals surface area contributed by atoms with E-state index in [4.69, 9.17) is 9.26 Å². The fraction of sp³-hybridized carbons (Fsp3) is 0.857. The zero-order valence-electron chi connectivity index (χ0n) is 12.1.